The van der Waals surface area contributed by atoms with Crippen molar-refractivity contribution in [2.45, 2.75) is 26.2 Å². The summed E-state index contributed by atoms with van der Waals surface area (Å²) in [6.45, 7) is 4.10. The molecular formula is C13H19NO3. The van der Waals surface area contributed by atoms with Gasteiger partial charge in [0, 0.05) is 5.69 Å². The van der Waals surface area contributed by atoms with Crippen LogP contribution in [0.1, 0.15) is 31.7 Å². The minimum atomic E-state index is -0.329. The first kappa shape index (κ1) is 13.4. The lowest BCUT2D eigenvalue weighted by Crippen LogP contribution is -2.16. The Bertz CT molecular complexity index is 390. The Kier molecular flexibility index (Phi) is 4.82. The number of rotatable bonds is 5. The van der Waals surface area contributed by atoms with E-state index in [2.05, 4.69) is 0 Å². The molecule has 94 valence electrons. The van der Waals surface area contributed by atoms with Gasteiger partial charge in [0.05, 0.1) is 19.6 Å². The van der Waals surface area contributed by atoms with Gasteiger partial charge in [0.15, 0.2) is 0 Å². The van der Waals surface area contributed by atoms with Crippen molar-refractivity contribution in [2.75, 3.05) is 19.5 Å². The van der Waals surface area contributed by atoms with Gasteiger partial charge in [0.25, 0.3) is 0 Å². The molecule has 0 aromatic heterocycles. The van der Waals surface area contributed by atoms with Gasteiger partial charge in [-0.25, -0.2) is 0 Å². The van der Waals surface area contributed by atoms with Crippen LogP contribution in [-0.4, -0.2) is 19.7 Å². The standard InChI is InChI=1S/C13H19NO3/c1-4-10(13(15)17-5-2)11-8-9(16-3)6-7-12(11)14/h6-8,10H,4-5,14H2,1-3H3. The smallest absolute Gasteiger partial charge is 0.313 e. The number of hydrogen-bond donors (Lipinski definition) is 1. The number of esters is 1. The number of methoxy groups -OCH3 is 1. The number of ether oxygens (including phenoxy) is 2. The molecule has 0 saturated heterocycles. The molecule has 0 radical (unpaired) electrons. The third kappa shape index (κ3) is 3.12. The highest BCUT2D eigenvalue weighted by atomic mass is 16.5. The molecule has 1 atom stereocenters. The minimum Gasteiger partial charge on any atom is -0.497 e. The lowest BCUT2D eigenvalue weighted by Gasteiger charge is -2.16. The molecule has 17 heavy (non-hydrogen) atoms. The number of nitrogen functional groups attached to an aromatic ring is 1. The van der Waals surface area contributed by atoms with Crippen molar-refractivity contribution >= 4 is 11.7 Å². The van der Waals surface area contributed by atoms with Crippen molar-refractivity contribution in [3.8, 4) is 5.75 Å². The number of carbonyl (C=O) groups is 1. The summed E-state index contributed by atoms with van der Waals surface area (Å²) in [4.78, 5) is 11.8. The van der Waals surface area contributed by atoms with Crippen molar-refractivity contribution in [3.05, 3.63) is 23.8 Å². The summed E-state index contributed by atoms with van der Waals surface area (Å²) in [5.74, 6) is 0.122. The normalized spacial score (nSPS) is 11.9. The van der Waals surface area contributed by atoms with Crippen LogP contribution in [0, 0.1) is 0 Å². The fraction of sp³-hybridized carbons (Fsp3) is 0.462. The van der Waals surface area contributed by atoms with Gasteiger partial charge in [-0.3, -0.25) is 4.79 Å². The van der Waals surface area contributed by atoms with E-state index < -0.39 is 0 Å². The highest BCUT2D eigenvalue weighted by Gasteiger charge is 2.22. The first-order valence-electron chi connectivity index (χ1n) is 5.74. The van der Waals surface area contributed by atoms with Crippen molar-refractivity contribution < 1.29 is 14.3 Å². The van der Waals surface area contributed by atoms with E-state index >= 15 is 0 Å². The van der Waals surface area contributed by atoms with E-state index in [9.17, 15) is 4.79 Å². The van der Waals surface area contributed by atoms with E-state index in [4.69, 9.17) is 15.2 Å². The fourth-order valence-electron chi connectivity index (χ4n) is 1.74. The molecule has 0 fully saturated rings. The molecule has 1 aromatic carbocycles. The number of nitrogens with two attached hydrogens (primary N) is 1. The SMILES string of the molecule is CCOC(=O)C(CC)c1cc(OC)ccc1N. The monoisotopic (exact) mass is 237 g/mol. The molecule has 0 spiro atoms. The Morgan fingerprint density at radius 3 is 2.65 bits per heavy atom. The van der Waals surface area contributed by atoms with Gasteiger partial charge >= 0.3 is 5.97 Å². The van der Waals surface area contributed by atoms with E-state index in [1.54, 1.807) is 32.2 Å². The van der Waals surface area contributed by atoms with Crippen LogP contribution >= 0.6 is 0 Å². The van der Waals surface area contributed by atoms with Gasteiger partial charge < -0.3 is 15.2 Å². The van der Waals surface area contributed by atoms with Crippen LogP contribution in [0.4, 0.5) is 5.69 Å². The number of carbonyl (C=O) groups excluding carboxylic acids is 1. The highest BCUT2D eigenvalue weighted by molar-refractivity contribution is 5.80. The van der Waals surface area contributed by atoms with E-state index in [0.29, 0.717) is 24.5 Å². The van der Waals surface area contributed by atoms with Crippen LogP contribution in [0.2, 0.25) is 0 Å². The second-order valence-electron chi connectivity index (χ2n) is 3.71. The molecule has 1 unspecified atom stereocenters. The molecular weight excluding hydrogens is 218 g/mol. The maximum absolute atomic E-state index is 11.8. The zero-order chi connectivity index (χ0) is 12.8. The predicted molar refractivity (Wildman–Crippen MR) is 67.1 cm³/mol. The second-order valence-corrected chi connectivity index (χ2v) is 3.71. The van der Waals surface area contributed by atoms with Crippen LogP contribution in [0.5, 0.6) is 5.75 Å². The highest BCUT2D eigenvalue weighted by Crippen LogP contribution is 2.29. The van der Waals surface area contributed by atoms with Gasteiger partial charge in [-0.05, 0) is 37.1 Å². The topological polar surface area (TPSA) is 61.5 Å². The Morgan fingerprint density at radius 1 is 1.41 bits per heavy atom. The molecule has 1 rings (SSSR count). The molecule has 1 aromatic rings. The van der Waals surface area contributed by atoms with Crippen LogP contribution in [-0.2, 0) is 9.53 Å². The van der Waals surface area contributed by atoms with Gasteiger partial charge in [-0.1, -0.05) is 6.92 Å². The van der Waals surface area contributed by atoms with Gasteiger partial charge in [0.2, 0.25) is 0 Å². The van der Waals surface area contributed by atoms with E-state index in [1.165, 1.54) is 0 Å². The molecule has 4 nitrogen and oxygen atoms in total. The summed E-state index contributed by atoms with van der Waals surface area (Å²) in [6, 6.07) is 5.31. The van der Waals surface area contributed by atoms with Gasteiger partial charge in [-0.2, -0.15) is 0 Å². The Labute approximate surface area is 102 Å². The molecule has 0 bridgehead atoms. The lowest BCUT2D eigenvalue weighted by atomic mass is 9.95. The molecule has 2 N–H and O–H groups in total. The molecule has 0 heterocycles. The average Bonchev–Trinajstić information content (AvgIpc) is 2.33. The number of anilines is 1. The Hall–Kier alpha value is -1.71. The molecule has 0 amide bonds. The zero-order valence-corrected chi connectivity index (χ0v) is 10.5. The molecule has 0 aliphatic heterocycles. The summed E-state index contributed by atoms with van der Waals surface area (Å²) < 4.78 is 10.2. The van der Waals surface area contributed by atoms with E-state index in [1.807, 2.05) is 6.92 Å². The van der Waals surface area contributed by atoms with Crippen molar-refractivity contribution in [3.63, 3.8) is 0 Å². The second kappa shape index (κ2) is 6.13. The quantitative estimate of drug-likeness (QED) is 0.630. The summed E-state index contributed by atoms with van der Waals surface area (Å²) in [5, 5.41) is 0. The third-order valence-electron chi connectivity index (χ3n) is 2.65. The van der Waals surface area contributed by atoms with Crippen molar-refractivity contribution in [1.82, 2.24) is 0 Å². The van der Waals surface area contributed by atoms with Crippen LogP contribution in [0.15, 0.2) is 18.2 Å². The summed E-state index contributed by atoms with van der Waals surface area (Å²) in [5.41, 5.74) is 7.25. The lowest BCUT2D eigenvalue weighted by molar-refractivity contribution is -0.145. The maximum atomic E-state index is 11.8. The summed E-state index contributed by atoms with van der Waals surface area (Å²) in [6.07, 6.45) is 0.649. The Morgan fingerprint density at radius 2 is 2.12 bits per heavy atom. The average molecular weight is 237 g/mol. The molecule has 4 heteroatoms. The van der Waals surface area contributed by atoms with E-state index in [0.717, 1.165) is 5.56 Å². The first-order valence-corrected chi connectivity index (χ1v) is 5.74. The summed E-state index contributed by atoms with van der Waals surface area (Å²) >= 11 is 0. The Balaban J connectivity index is 3.05. The molecule has 0 aliphatic rings. The van der Waals surface area contributed by atoms with Crippen molar-refractivity contribution in [2.24, 2.45) is 0 Å². The molecule has 0 aliphatic carbocycles. The van der Waals surface area contributed by atoms with Crippen LogP contribution < -0.4 is 10.5 Å². The minimum absolute atomic E-state index is 0.241. The zero-order valence-electron chi connectivity index (χ0n) is 10.5. The fourth-order valence-corrected chi connectivity index (χ4v) is 1.74. The van der Waals surface area contributed by atoms with Crippen molar-refractivity contribution in [1.29, 1.82) is 0 Å². The predicted octanol–water partition coefficient (Wildman–Crippen LogP) is 2.33. The van der Waals surface area contributed by atoms with E-state index in [-0.39, 0.29) is 11.9 Å². The number of benzene rings is 1. The van der Waals surface area contributed by atoms with Crippen LogP contribution in [0.25, 0.3) is 0 Å². The summed E-state index contributed by atoms with van der Waals surface area (Å²) in [7, 11) is 1.58. The third-order valence-corrected chi connectivity index (χ3v) is 2.65. The first-order chi connectivity index (χ1) is 8.13. The van der Waals surface area contributed by atoms with Crippen LogP contribution in [0.3, 0.4) is 0 Å². The molecule has 0 saturated carbocycles. The number of hydrogen-bond acceptors (Lipinski definition) is 4. The van der Waals surface area contributed by atoms with Gasteiger partial charge in [-0.15, -0.1) is 0 Å². The van der Waals surface area contributed by atoms with Gasteiger partial charge in [0.1, 0.15) is 5.75 Å². The maximum Gasteiger partial charge on any atom is 0.313 e. The largest absolute Gasteiger partial charge is 0.497 e.